The molecule has 0 aliphatic rings. The lowest BCUT2D eigenvalue weighted by Gasteiger charge is -2.20. The lowest BCUT2D eigenvalue weighted by molar-refractivity contribution is -0.143. The molecule has 1 aromatic carbocycles. The first-order chi connectivity index (χ1) is 9.61. The van der Waals surface area contributed by atoms with Gasteiger partial charge in [0.05, 0.1) is 13.2 Å². The van der Waals surface area contributed by atoms with Gasteiger partial charge in [-0.15, -0.1) is 11.3 Å². The molecule has 2 rings (SSSR count). The number of hydrogen-bond acceptors (Lipinski definition) is 5. The van der Waals surface area contributed by atoms with Crippen LogP contribution in [0.4, 0.5) is 4.39 Å². The van der Waals surface area contributed by atoms with E-state index in [1.54, 1.807) is 18.3 Å². The van der Waals surface area contributed by atoms with Gasteiger partial charge in [-0.3, -0.25) is 5.32 Å². The van der Waals surface area contributed by atoms with Crippen molar-refractivity contribution < 1.29 is 13.9 Å². The number of carbonyl (C=O) groups excluding carboxylic acids is 1. The fourth-order valence-corrected chi connectivity index (χ4v) is 2.50. The van der Waals surface area contributed by atoms with Gasteiger partial charge in [0.15, 0.2) is 0 Å². The van der Waals surface area contributed by atoms with Crippen molar-refractivity contribution in [3.8, 4) is 0 Å². The van der Waals surface area contributed by atoms with Crippen LogP contribution in [0.25, 0.3) is 0 Å². The molecule has 0 saturated carbocycles. The van der Waals surface area contributed by atoms with Gasteiger partial charge in [-0.2, -0.15) is 0 Å². The number of carbonyl (C=O) groups is 1. The molecule has 0 bridgehead atoms. The summed E-state index contributed by atoms with van der Waals surface area (Å²) in [7, 11) is 1.33. The average Bonchev–Trinajstić information content (AvgIpc) is 2.99. The monoisotopic (exact) mass is 294 g/mol. The quantitative estimate of drug-likeness (QED) is 0.862. The predicted octanol–water partition coefficient (Wildman–Crippen LogP) is 2.85. The summed E-state index contributed by atoms with van der Waals surface area (Å²) in [6, 6.07) is 5.02. The van der Waals surface area contributed by atoms with Crippen LogP contribution in [0.15, 0.2) is 35.8 Å². The molecule has 20 heavy (non-hydrogen) atoms. The summed E-state index contributed by atoms with van der Waals surface area (Å²) in [5.41, 5.74) is 0.654. The van der Waals surface area contributed by atoms with E-state index in [0.717, 1.165) is 5.01 Å². The Bertz CT molecular complexity index is 557. The van der Waals surface area contributed by atoms with Crippen LogP contribution in [0.2, 0.25) is 0 Å². The van der Waals surface area contributed by atoms with Gasteiger partial charge < -0.3 is 4.74 Å². The van der Waals surface area contributed by atoms with Gasteiger partial charge in [0.25, 0.3) is 0 Å². The number of hydrogen-bond donors (Lipinski definition) is 1. The third-order valence-electron chi connectivity index (χ3n) is 2.88. The topological polar surface area (TPSA) is 51.2 Å². The molecule has 1 N–H and O–H groups in total. The second-order valence-corrected chi connectivity index (χ2v) is 5.19. The van der Waals surface area contributed by atoms with Crippen molar-refractivity contribution >= 4 is 17.3 Å². The van der Waals surface area contributed by atoms with Crippen LogP contribution in [0.1, 0.15) is 29.6 Å². The number of aromatic nitrogens is 1. The molecule has 0 fully saturated rings. The summed E-state index contributed by atoms with van der Waals surface area (Å²) < 4.78 is 17.8. The molecule has 4 nitrogen and oxygen atoms in total. The highest BCUT2D eigenvalue weighted by Crippen LogP contribution is 2.22. The number of halogens is 1. The number of esters is 1. The molecule has 0 radical (unpaired) electrons. The number of ether oxygens (including phenoxy) is 1. The maximum Gasteiger partial charge on any atom is 0.327 e. The van der Waals surface area contributed by atoms with Crippen LogP contribution >= 0.6 is 11.3 Å². The number of benzene rings is 1. The predicted molar refractivity (Wildman–Crippen MR) is 74.8 cm³/mol. The number of nitrogens with zero attached hydrogens (tertiary/aromatic N) is 1. The van der Waals surface area contributed by atoms with Crippen molar-refractivity contribution in [1.29, 1.82) is 0 Å². The van der Waals surface area contributed by atoms with Gasteiger partial charge in [-0.05, 0) is 24.6 Å². The summed E-state index contributed by atoms with van der Waals surface area (Å²) in [6.07, 6.45) is 1.71. The summed E-state index contributed by atoms with van der Waals surface area (Å²) in [4.78, 5) is 16.1. The summed E-state index contributed by atoms with van der Waals surface area (Å²) in [5, 5.41) is 5.91. The Hall–Kier alpha value is -1.79. The van der Waals surface area contributed by atoms with Crippen LogP contribution in [-0.2, 0) is 9.53 Å². The van der Waals surface area contributed by atoms with E-state index in [4.69, 9.17) is 4.74 Å². The van der Waals surface area contributed by atoms with Gasteiger partial charge in [-0.1, -0.05) is 12.1 Å². The van der Waals surface area contributed by atoms with E-state index in [1.807, 2.05) is 12.3 Å². The maximum atomic E-state index is 13.0. The molecule has 0 saturated heterocycles. The first-order valence-corrected chi connectivity index (χ1v) is 6.98. The minimum Gasteiger partial charge on any atom is -0.468 e. The molecule has 106 valence electrons. The molecule has 0 aliphatic carbocycles. The molecule has 6 heteroatoms. The number of rotatable bonds is 5. The third kappa shape index (κ3) is 3.40. The zero-order chi connectivity index (χ0) is 14.5. The Labute approximate surface area is 120 Å². The van der Waals surface area contributed by atoms with Crippen molar-refractivity contribution in [2.24, 2.45) is 0 Å². The Kier molecular flexibility index (Phi) is 4.81. The zero-order valence-corrected chi connectivity index (χ0v) is 12.0. The molecule has 0 aliphatic heterocycles. The molecule has 0 spiro atoms. The number of nitrogens with one attached hydrogen (secondary N) is 1. The first-order valence-electron chi connectivity index (χ1n) is 6.10. The minimum absolute atomic E-state index is 0.107. The van der Waals surface area contributed by atoms with Crippen LogP contribution < -0.4 is 5.32 Å². The SMILES string of the molecule is COC(=O)C(NC(C)c1nccs1)c1ccc(F)cc1. The Morgan fingerprint density at radius 1 is 1.40 bits per heavy atom. The van der Waals surface area contributed by atoms with Crippen LogP contribution in [0.5, 0.6) is 0 Å². The van der Waals surface area contributed by atoms with E-state index in [9.17, 15) is 9.18 Å². The number of methoxy groups -OCH3 is 1. The minimum atomic E-state index is -0.653. The lowest BCUT2D eigenvalue weighted by Crippen LogP contribution is -2.31. The first kappa shape index (κ1) is 14.6. The second-order valence-electron chi connectivity index (χ2n) is 4.27. The second kappa shape index (κ2) is 6.58. The van der Waals surface area contributed by atoms with Crippen molar-refractivity contribution in [1.82, 2.24) is 10.3 Å². The number of thiazole rings is 1. The maximum absolute atomic E-state index is 13.0. The van der Waals surface area contributed by atoms with Crippen molar-refractivity contribution in [2.45, 2.75) is 19.0 Å². The molecule has 1 aromatic heterocycles. The average molecular weight is 294 g/mol. The lowest BCUT2D eigenvalue weighted by atomic mass is 10.1. The zero-order valence-electron chi connectivity index (χ0n) is 11.2. The smallest absolute Gasteiger partial charge is 0.327 e. The van der Waals surface area contributed by atoms with Crippen LogP contribution in [0, 0.1) is 5.82 Å². The van der Waals surface area contributed by atoms with E-state index < -0.39 is 12.0 Å². The molecular formula is C14H15FN2O2S. The largest absolute Gasteiger partial charge is 0.468 e. The van der Waals surface area contributed by atoms with Gasteiger partial charge in [0.2, 0.25) is 0 Å². The highest BCUT2D eigenvalue weighted by atomic mass is 32.1. The van der Waals surface area contributed by atoms with Crippen LogP contribution in [0.3, 0.4) is 0 Å². The van der Waals surface area contributed by atoms with E-state index in [1.165, 1.54) is 30.6 Å². The van der Waals surface area contributed by atoms with Crippen molar-refractivity contribution in [2.75, 3.05) is 7.11 Å². The third-order valence-corrected chi connectivity index (χ3v) is 3.84. The van der Waals surface area contributed by atoms with Crippen LogP contribution in [-0.4, -0.2) is 18.1 Å². The van der Waals surface area contributed by atoms with Crippen molar-refractivity contribution in [3.05, 3.63) is 52.2 Å². The Morgan fingerprint density at radius 2 is 2.10 bits per heavy atom. The van der Waals surface area contributed by atoms with Gasteiger partial charge in [-0.25, -0.2) is 14.2 Å². The fraction of sp³-hybridized carbons (Fsp3) is 0.286. The fourth-order valence-electron chi connectivity index (χ4n) is 1.84. The highest BCUT2D eigenvalue weighted by Gasteiger charge is 2.24. The molecule has 2 unspecified atom stereocenters. The summed E-state index contributed by atoms with van der Waals surface area (Å²) in [6.45, 7) is 1.91. The van der Waals surface area contributed by atoms with Crippen molar-refractivity contribution in [3.63, 3.8) is 0 Å². The Morgan fingerprint density at radius 3 is 2.65 bits per heavy atom. The van der Waals surface area contributed by atoms with E-state index >= 15 is 0 Å². The summed E-state index contributed by atoms with van der Waals surface area (Å²) >= 11 is 1.50. The molecular weight excluding hydrogens is 279 g/mol. The molecule has 2 aromatic rings. The van der Waals surface area contributed by atoms with Gasteiger partial charge >= 0.3 is 5.97 Å². The molecule has 0 amide bonds. The van der Waals surface area contributed by atoms with E-state index in [0.29, 0.717) is 5.56 Å². The molecule has 1 heterocycles. The standard InChI is InChI=1S/C14H15FN2O2S/c1-9(13-16-7-8-20-13)17-12(14(18)19-2)10-3-5-11(15)6-4-10/h3-9,12,17H,1-2H3. The highest BCUT2D eigenvalue weighted by molar-refractivity contribution is 7.09. The van der Waals surface area contributed by atoms with Gasteiger partial charge in [0.1, 0.15) is 16.9 Å². The van der Waals surface area contributed by atoms with Gasteiger partial charge in [0, 0.05) is 11.6 Å². The Balaban J connectivity index is 2.20. The van der Waals surface area contributed by atoms with E-state index in [2.05, 4.69) is 10.3 Å². The normalized spacial score (nSPS) is 13.8. The summed E-state index contributed by atoms with van der Waals surface area (Å²) in [5.74, 6) is -0.759. The van der Waals surface area contributed by atoms with E-state index in [-0.39, 0.29) is 11.9 Å². The molecule has 2 atom stereocenters.